The van der Waals surface area contributed by atoms with E-state index in [4.69, 9.17) is 4.74 Å². The Balaban J connectivity index is 2.29. The highest BCUT2D eigenvalue weighted by Gasteiger charge is 2.53. The third-order valence-electron chi connectivity index (χ3n) is 4.23. The summed E-state index contributed by atoms with van der Waals surface area (Å²) in [7, 11) is 0. The van der Waals surface area contributed by atoms with E-state index in [-0.39, 0.29) is 5.78 Å². The Labute approximate surface area is 126 Å². The van der Waals surface area contributed by atoms with Gasteiger partial charge < -0.3 is 9.84 Å². The van der Waals surface area contributed by atoms with E-state index in [1.807, 2.05) is 20.8 Å². The maximum Gasteiger partial charge on any atom is 0.408 e. The summed E-state index contributed by atoms with van der Waals surface area (Å²) in [6, 6.07) is -0.667. The summed E-state index contributed by atoms with van der Waals surface area (Å²) in [4.78, 5) is 25.8. The first-order valence-electron chi connectivity index (χ1n) is 7.53. The summed E-state index contributed by atoms with van der Waals surface area (Å²) >= 11 is 0. The zero-order chi connectivity index (χ0) is 15.8. The minimum atomic E-state index is -1.05. The highest BCUT2D eigenvalue weighted by molar-refractivity contribution is 5.96. The van der Waals surface area contributed by atoms with E-state index in [9.17, 15) is 14.7 Å². The molecule has 1 N–H and O–H groups in total. The standard InChI is InChI=1S/C16H25NO4/c1-15(2,3)17(14(19)20)12(9-11-7-5-6-8-11)13(18)16(4)10-21-16/h7,12H,5-6,8-10H2,1-4H3,(H,19,20)/t12-,16+/m0/s1. The van der Waals surface area contributed by atoms with Crippen molar-refractivity contribution in [2.45, 2.75) is 70.6 Å². The first-order valence-corrected chi connectivity index (χ1v) is 7.53. The molecule has 1 fully saturated rings. The van der Waals surface area contributed by atoms with Crippen LogP contribution in [0.25, 0.3) is 0 Å². The molecule has 5 heteroatoms. The van der Waals surface area contributed by atoms with E-state index < -0.39 is 23.3 Å². The molecule has 1 saturated heterocycles. The molecule has 5 nitrogen and oxygen atoms in total. The predicted octanol–water partition coefficient (Wildman–Crippen LogP) is 2.99. The van der Waals surface area contributed by atoms with Crippen LogP contribution in [0.3, 0.4) is 0 Å². The van der Waals surface area contributed by atoms with E-state index in [0.29, 0.717) is 13.0 Å². The number of nitrogens with zero attached hydrogens (tertiary/aromatic N) is 1. The minimum Gasteiger partial charge on any atom is -0.465 e. The van der Waals surface area contributed by atoms with Crippen molar-refractivity contribution in [3.05, 3.63) is 11.6 Å². The van der Waals surface area contributed by atoms with E-state index in [1.54, 1.807) is 6.92 Å². The molecule has 0 spiro atoms. The van der Waals surface area contributed by atoms with Crippen molar-refractivity contribution < 1.29 is 19.4 Å². The molecular weight excluding hydrogens is 270 g/mol. The van der Waals surface area contributed by atoms with Gasteiger partial charge >= 0.3 is 6.09 Å². The van der Waals surface area contributed by atoms with Gasteiger partial charge in [-0.15, -0.1) is 0 Å². The normalized spacial score (nSPS) is 26.2. The molecule has 0 radical (unpaired) electrons. The number of ether oxygens (including phenoxy) is 1. The largest absolute Gasteiger partial charge is 0.465 e. The molecule has 2 aliphatic rings. The second-order valence-electron chi connectivity index (χ2n) is 7.18. The molecule has 118 valence electrons. The molecule has 2 atom stereocenters. The Hall–Kier alpha value is -1.36. The van der Waals surface area contributed by atoms with Gasteiger partial charge in [0.05, 0.1) is 6.61 Å². The first kappa shape index (κ1) is 16.0. The Bertz CT molecular complexity index is 471. The SMILES string of the molecule is CC(C)(C)N(C(=O)O)[C@@H](CC1=CCCC1)C(=O)[C@@]1(C)CO1. The van der Waals surface area contributed by atoms with Gasteiger partial charge in [-0.25, -0.2) is 4.79 Å². The lowest BCUT2D eigenvalue weighted by molar-refractivity contribution is -0.130. The van der Waals surface area contributed by atoms with Crippen molar-refractivity contribution in [1.29, 1.82) is 0 Å². The van der Waals surface area contributed by atoms with Gasteiger partial charge in [0.25, 0.3) is 0 Å². The fourth-order valence-corrected chi connectivity index (χ4v) is 2.96. The highest BCUT2D eigenvalue weighted by Crippen LogP contribution is 2.35. The number of allylic oxidation sites excluding steroid dienone is 1. The number of carboxylic acid groups (broad SMARTS) is 1. The maximum atomic E-state index is 12.8. The van der Waals surface area contributed by atoms with E-state index in [2.05, 4.69) is 6.08 Å². The van der Waals surface area contributed by atoms with Crippen LogP contribution in [0.4, 0.5) is 4.79 Å². The lowest BCUT2D eigenvalue weighted by Crippen LogP contribution is -2.56. The zero-order valence-electron chi connectivity index (χ0n) is 13.3. The number of hydrogen-bond donors (Lipinski definition) is 1. The number of epoxide rings is 1. The third-order valence-corrected chi connectivity index (χ3v) is 4.23. The lowest BCUT2D eigenvalue weighted by atomic mass is 9.90. The topological polar surface area (TPSA) is 70.1 Å². The first-order chi connectivity index (χ1) is 9.65. The van der Waals surface area contributed by atoms with Crippen LogP contribution in [0.5, 0.6) is 0 Å². The summed E-state index contributed by atoms with van der Waals surface area (Å²) < 4.78 is 5.26. The van der Waals surface area contributed by atoms with Crippen LogP contribution in [0.15, 0.2) is 11.6 Å². The zero-order valence-corrected chi connectivity index (χ0v) is 13.3. The van der Waals surface area contributed by atoms with Crippen LogP contribution >= 0.6 is 0 Å². The predicted molar refractivity (Wildman–Crippen MR) is 79.3 cm³/mol. The smallest absolute Gasteiger partial charge is 0.408 e. The van der Waals surface area contributed by atoms with Crippen molar-refractivity contribution in [2.24, 2.45) is 0 Å². The van der Waals surface area contributed by atoms with Crippen molar-refractivity contribution in [3.63, 3.8) is 0 Å². The quantitative estimate of drug-likeness (QED) is 0.625. The molecule has 1 amide bonds. The molecule has 1 aliphatic heterocycles. The molecular formula is C16H25NO4. The van der Waals surface area contributed by atoms with Crippen LogP contribution in [0.2, 0.25) is 0 Å². The lowest BCUT2D eigenvalue weighted by Gasteiger charge is -2.39. The molecule has 21 heavy (non-hydrogen) atoms. The number of Topliss-reactive ketones (excluding diaryl/α,β-unsaturated/α-hetero) is 1. The molecule has 1 aliphatic carbocycles. The number of carbonyl (C=O) groups excluding carboxylic acids is 1. The Morgan fingerprint density at radius 2 is 2.10 bits per heavy atom. The average molecular weight is 295 g/mol. The van der Waals surface area contributed by atoms with E-state index in [1.165, 1.54) is 10.5 Å². The van der Waals surface area contributed by atoms with Crippen LogP contribution in [0.1, 0.15) is 53.4 Å². The van der Waals surface area contributed by atoms with Crippen LogP contribution in [-0.2, 0) is 9.53 Å². The minimum absolute atomic E-state index is 0.118. The Morgan fingerprint density at radius 1 is 1.48 bits per heavy atom. The fraction of sp³-hybridized carbons (Fsp3) is 0.750. The summed E-state index contributed by atoms with van der Waals surface area (Å²) in [6.45, 7) is 7.59. The Kier molecular flexibility index (Phi) is 4.15. The van der Waals surface area contributed by atoms with Crippen LogP contribution in [-0.4, -0.2) is 45.7 Å². The summed E-state index contributed by atoms with van der Waals surface area (Å²) in [6.07, 6.45) is 4.64. The number of hydrogen-bond acceptors (Lipinski definition) is 3. The molecule has 2 rings (SSSR count). The molecule has 0 saturated carbocycles. The van der Waals surface area contributed by atoms with Crippen molar-refractivity contribution in [2.75, 3.05) is 6.61 Å². The monoisotopic (exact) mass is 295 g/mol. The second-order valence-corrected chi connectivity index (χ2v) is 7.18. The number of carbonyl (C=O) groups is 2. The second kappa shape index (κ2) is 5.44. The number of rotatable bonds is 5. The molecule has 0 aromatic rings. The number of amides is 1. The van der Waals surface area contributed by atoms with E-state index in [0.717, 1.165) is 19.3 Å². The van der Waals surface area contributed by atoms with Crippen LogP contribution in [0, 0.1) is 0 Å². The Morgan fingerprint density at radius 3 is 2.48 bits per heavy atom. The van der Waals surface area contributed by atoms with Gasteiger partial charge in [-0.05, 0) is 53.4 Å². The van der Waals surface area contributed by atoms with Crippen molar-refractivity contribution >= 4 is 11.9 Å². The van der Waals surface area contributed by atoms with Gasteiger partial charge in [-0.1, -0.05) is 11.6 Å². The third kappa shape index (κ3) is 3.46. The fourth-order valence-electron chi connectivity index (χ4n) is 2.96. The van der Waals surface area contributed by atoms with Gasteiger partial charge in [-0.2, -0.15) is 0 Å². The molecule has 0 bridgehead atoms. The van der Waals surface area contributed by atoms with Gasteiger partial charge in [0.15, 0.2) is 5.78 Å². The molecule has 1 heterocycles. The molecule has 0 aromatic carbocycles. The van der Waals surface area contributed by atoms with Gasteiger partial charge in [0, 0.05) is 5.54 Å². The molecule has 0 unspecified atom stereocenters. The molecule has 0 aromatic heterocycles. The van der Waals surface area contributed by atoms with Gasteiger partial charge in [0.2, 0.25) is 0 Å². The summed E-state index contributed by atoms with van der Waals surface area (Å²) in [5.41, 5.74) is -0.243. The van der Waals surface area contributed by atoms with E-state index >= 15 is 0 Å². The van der Waals surface area contributed by atoms with Crippen molar-refractivity contribution in [1.82, 2.24) is 4.90 Å². The average Bonchev–Trinajstić information content (AvgIpc) is 2.88. The van der Waals surface area contributed by atoms with Crippen molar-refractivity contribution in [3.8, 4) is 0 Å². The number of ketones is 1. The summed E-state index contributed by atoms with van der Waals surface area (Å²) in [5, 5.41) is 9.60. The van der Waals surface area contributed by atoms with Gasteiger partial charge in [0.1, 0.15) is 11.6 Å². The van der Waals surface area contributed by atoms with Gasteiger partial charge in [-0.3, -0.25) is 9.69 Å². The highest BCUT2D eigenvalue weighted by atomic mass is 16.6. The maximum absolute atomic E-state index is 12.8. The summed E-state index contributed by atoms with van der Waals surface area (Å²) in [5.74, 6) is -0.118. The van der Waals surface area contributed by atoms with Crippen LogP contribution < -0.4 is 0 Å².